The van der Waals surface area contributed by atoms with Crippen molar-refractivity contribution in [2.45, 2.75) is 20.3 Å². The number of hydrogen-bond acceptors (Lipinski definition) is 3. The lowest BCUT2D eigenvalue weighted by Crippen LogP contribution is -2.27. The molecule has 0 spiro atoms. The van der Waals surface area contributed by atoms with E-state index in [0.717, 1.165) is 19.5 Å². The van der Waals surface area contributed by atoms with Crippen LogP contribution >= 0.6 is 0 Å². The molecule has 0 saturated carbocycles. The van der Waals surface area contributed by atoms with E-state index in [0.29, 0.717) is 5.71 Å². The van der Waals surface area contributed by atoms with E-state index in [1.54, 1.807) is 0 Å². The van der Waals surface area contributed by atoms with E-state index in [4.69, 9.17) is 5.41 Å². The maximum atomic E-state index is 7.56. The van der Waals surface area contributed by atoms with Crippen molar-refractivity contribution in [1.82, 2.24) is 9.80 Å². The molecule has 0 aromatic carbocycles. The van der Waals surface area contributed by atoms with E-state index >= 15 is 0 Å². The Morgan fingerprint density at radius 1 is 1.21 bits per heavy atom. The Hall–Kier alpha value is -0.830. The fourth-order valence-corrected chi connectivity index (χ4v) is 0.991. The number of likely N-dealkylation sites (N-methyl/N-ethyl adjacent to an activating group) is 2. The van der Waals surface area contributed by atoms with Gasteiger partial charge in [-0.1, -0.05) is 6.92 Å². The average Bonchev–Trinajstić information content (AvgIpc) is 2.13. The van der Waals surface area contributed by atoms with Gasteiger partial charge in [0, 0.05) is 31.5 Å². The van der Waals surface area contributed by atoms with Gasteiger partial charge in [0.1, 0.15) is 0 Å². The van der Waals surface area contributed by atoms with Gasteiger partial charge in [-0.25, -0.2) is 0 Å². The zero-order valence-corrected chi connectivity index (χ0v) is 10.1. The normalized spacial score (nSPS) is 12.0. The van der Waals surface area contributed by atoms with Gasteiger partial charge in [0.2, 0.25) is 0 Å². The first-order valence-corrected chi connectivity index (χ1v) is 5.09. The van der Waals surface area contributed by atoms with Crippen molar-refractivity contribution in [3.05, 3.63) is 11.8 Å². The molecule has 0 bridgehead atoms. The second-order valence-electron chi connectivity index (χ2n) is 3.89. The molecule has 0 aromatic heterocycles. The molecular weight excluding hydrogens is 174 g/mol. The Morgan fingerprint density at radius 2 is 1.79 bits per heavy atom. The highest BCUT2D eigenvalue weighted by Gasteiger charge is 2.00. The summed E-state index contributed by atoms with van der Waals surface area (Å²) in [7, 11) is 6.21. The molecule has 0 atom stereocenters. The minimum atomic E-state index is 0.694. The van der Waals surface area contributed by atoms with Crippen molar-refractivity contribution in [3.8, 4) is 0 Å². The summed E-state index contributed by atoms with van der Waals surface area (Å²) in [6.07, 6.45) is 2.74. The van der Waals surface area contributed by atoms with E-state index in [-0.39, 0.29) is 0 Å². The van der Waals surface area contributed by atoms with E-state index in [2.05, 4.69) is 37.9 Å². The maximum Gasteiger partial charge on any atom is 0.0328 e. The van der Waals surface area contributed by atoms with Crippen molar-refractivity contribution in [2.75, 3.05) is 34.2 Å². The second-order valence-corrected chi connectivity index (χ2v) is 3.89. The van der Waals surface area contributed by atoms with Crippen molar-refractivity contribution in [3.63, 3.8) is 0 Å². The van der Waals surface area contributed by atoms with Crippen LogP contribution in [0.3, 0.4) is 0 Å². The van der Waals surface area contributed by atoms with Crippen LogP contribution < -0.4 is 0 Å². The molecule has 0 saturated heterocycles. The zero-order chi connectivity index (χ0) is 11.1. The fourth-order valence-electron chi connectivity index (χ4n) is 0.991. The molecule has 3 heteroatoms. The summed E-state index contributed by atoms with van der Waals surface area (Å²) in [4.78, 5) is 4.35. The first-order chi connectivity index (χ1) is 6.47. The van der Waals surface area contributed by atoms with Crippen LogP contribution in [-0.4, -0.2) is 49.7 Å². The van der Waals surface area contributed by atoms with E-state index < -0.39 is 0 Å². The minimum Gasteiger partial charge on any atom is -0.377 e. The predicted molar refractivity (Wildman–Crippen MR) is 63.0 cm³/mol. The molecule has 0 heterocycles. The van der Waals surface area contributed by atoms with Gasteiger partial charge in [-0.05, 0) is 33.5 Å². The van der Waals surface area contributed by atoms with Crippen molar-refractivity contribution < 1.29 is 0 Å². The van der Waals surface area contributed by atoms with Crippen molar-refractivity contribution >= 4 is 5.71 Å². The van der Waals surface area contributed by atoms with Crippen LogP contribution in [0.15, 0.2) is 11.8 Å². The molecule has 0 aromatic rings. The van der Waals surface area contributed by atoms with Crippen molar-refractivity contribution in [1.29, 1.82) is 5.41 Å². The van der Waals surface area contributed by atoms with Crippen LogP contribution in [0.25, 0.3) is 0 Å². The molecule has 0 aliphatic heterocycles. The highest BCUT2D eigenvalue weighted by atomic mass is 15.2. The van der Waals surface area contributed by atoms with Gasteiger partial charge in [0.25, 0.3) is 0 Å². The van der Waals surface area contributed by atoms with Crippen LogP contribution in [0.1, 0.15) is 20.3 Å². The first-order valence-electron chi connectivity index (χ1n) is 5.09. The number of hydrogen-bond donors (Lipinski definition) is 1. The van der Waals surface area contributed by atoms with Crippen molar-refractivity contribution in [2.24, 2.45) is 0 Å². The Bertz CT molecular complexity index is 207. The minimum absolute atomic E-state index is 0.694. The van der Waals surface area contributed by atoms with Crippen LogP contribution in [0, 0.1) is 5.41 Å². The Kier molecular flexibility index (Phi) is 6.21. The molecule has 3 nitrogen and oxygen atoms in total. The number of nitrogens with zero attached hydrogens (tertiary/aromatic N) is 2. The van der Waals surface area contributed by atoms with Gasteiger partial charge in [-0.15, -0.1) is 0 Å². The molecule has 0 aliphatic rings. The summed E-state index contributed by atoms with van der Waals surface area (Å²) in [5.41, 5.74) is 1.86. The molecule has 0 unspecified atom stereocenters. The summed E-state index contributed by atoms with van der Waals surface area (Å²) in [6.45, 7) is 6.11. The monoisotopic (exact) mass is 197 g/mol. The molecule has 82 valence electrons. The topological polar surface area (TPSA) is 30.3 Å². The van der Waals surface area contributed by atoms with E-state index in [1.807, 2.05) is 13.0 Å². The lowest BCUT2D eigenvalue weighted by Gasteiger charge is -2.22. The lowest BCUT2D eigenvalue weighted by atomic mass is 10.2. The Balaban J connectivity index is 4.04. The summed E-state index contributed by atoms with van der Waals surface area (Å²) >= 11 is 0. The third kappa shape index (κ3) is 5.75. The van der Waals surface area contributed by atoms with Crippen LogP contribution in [0.4, 0.5) is 0 Å². The fraction of sp³-hybridized carbons (Fsp3) is 0.727. The van der Waals surface area contributed by atoms with E-state index in [9.17, 15) is 0 Å². The number of nitrogens with one attached hydrogen (secondary N) is 1. The smallest absolute Gasteiger partial charge is 0.0328 e. The molecule has 0 rings (SSSR count). The van der Waals surface area contributed by atoms with Gasteiger partial charge in [-0.2, -0.15) is 0 Å². The molecule has 0 radical (unpaired) electrons. The SMILES string of the molecule is CCC(=N)/C=C(\C)N(C)CCN(C)C. The van der Waals surface area contributed by atoms with Gasteiger partial charge >= 0.3 is 0 Å². The average molecular weight is 197 g/mol. The van der Waals surface area contributed by atoms with E-state index in [1.165, 1.54) is 5.70 Å². The summed E-state index contributed by atoms with van der Waals surface area (Å²) in [5.74, 6) is 0. The highest BCUT2D eigenvalue weighted by Crippen LogP contribution is 2.01. The third-order valence-electron chi connectivity index (χ3n) is 2.25. The molecule has 0 aliphatic carbocycles. The third-order valence-corrected chi connectivity index (χ3v) is 2.25. The quantitative estimate of drug-likeness (QED) is 0.658. The second kappa shape index (κ2) is 6.60. The summed E-state index contributed by atoms with van der Waals surface area (Å²) in [6, 6.07) is 0. The lowest BCUT2D eigenvalue weighted by molar-refractivity contribution is 0.326. The Morgan fingerprint density at radius 3 is 2.21 bits per heavy atom. The van der Waals surface area contributed by atoms with Gasteiger partial charge < -0.3 is 15.2 Å². The zero-order valence-electron chi connectivity index (χ0n) is 10.1. The molecular formula is C11H23N3. The molecule has 0 fully saturated rings. The molecule has 1 N–H and O–H groups in total. The van der Waals surface area contributed by atoms with Crippen LogP contribution in [0.2, 0.25) is 0 Å². The predicted octanol–water partition coefficient (Wildman–Crippen LogP) is 1.81. The summed E-state index contributed by atoms with van der Waals surface area (Å²) in [5, 5.41) is 7.56. The molecule has 14 heavy (non-hydrogen) atoms. The number of allylic oxidation sites excluding steroid dienone is 2. The number of rotatable bonds is 6. The van der Waals surface area contributed by atoms with Crippen LogP contribution in [-0.2, 0) is 0 Å². The largest absolute Gasteiger partial charge is 0.377 e. The standard InChI is InChI=1S/C11H23N3/c1-6-11(12)9-10(2)14(5)8-7-13(3)4/h9,12H,6-8H2,1-5H3/b10-9+,12-11?. The summed E-state index contributed by atoms with van der Waals surface area (Å²) < 4.78 is 0. The van der Waals surface area contributed by atoms with Gasteiger partial charge in [0.15, 0.2) is 0 Å². The Labute approximate surface area is 87.9 Å². The van der Waals surface area contributed by atoms with Gasteiger partial charge in [0.05, 0.1) is 0 Å². The highest BCUT2D eigenvalue weighted by molar-refractivity contribution is 5.92. The van der Waals surface area contributed by atoms with Crippen LogP contribution in [0.5, 0.6) is 0 Å². The van der Waals surface area contributed by atoms with Gasteiger partial charge in [-0.3, -0.25) is 0 Å². The first kappa shape index (κ1) is 13.2. The maximum absolute atomic E-state index is 7.56. The molecule has 0 amide bonds.